The van der Waals surface area contributed by atoms with Crippen LogP contribution in [0.1, 0.15) is 18.1 Å². The third-order valence-electron chi connectivity index (χ3n) is 2.77. The van der Waals surface area contributed by atoms with Gasteiger partial charge in [-0.3, -0.25) is 0 Å². The van der Waals surface area contributed by atoms with E-state index in [0.717, 1.165) is 0 Å². The van der Waals surface area contributed by atoms with E-state index in [1.165, 1.54) is 24.3 Å². The summed E-state index contributed by atoms with van der Waals surface area (Å²) < 4.78 is 39.1. The summed E-state index contributed by atoms with van der Waals surface area (Å²) in [5.41, 5.74) is -1.42. The molecule has 0 saturated carbocycles. The van der Waals surface area contributed by atoms with Crippen molar-refractivity contribution in [2.45, 2.75) is 6.92 Å². The van der Waals surface area contributed by atoms with Crippen molar-refractivity contribution in [3.05, 3.63) is 53.1 Å². The van der Waals surface area contributed by atoms with Crippen molar-refractivity contribution in [3.8, 4) is 29.4 Å². The summed E-state index contributed by atoms with van der Waals surface area (Å²) in [5, 5.41) is 17.9. The minimum atomic E-state index is -1.13. The van der Waals surface area contributed by atoms with Gasteiger partial charge in [-0.25, -0.2) is 8.78 Å². The van der Waals surface area contributed by atoms with Crippen LogP contribution in [0, 0.1) is 34.3 Å². The van der Waals surface area contributed by atoms with E-state index in [1.807, 2.05) is 0 Å². The van der Waals surface area contributed by atoms with Crippen LogP contribution in [0.15, 0.2) is 30.3 Å². The number of nitriles is 2. The van der Waals surface area contributed by atoms with E-state index in [4.69, 9.17) is 20.0 Å². The molecule has 0 aliphatic heterocycles. The summed E-state index contributed by atoms with van der Waals surface area (Å²) in [7, 11) is 0. The van der Waals surface area contributed by atoms with Crippen molar-refractivity contribution >= 4 is 0 Å². The van der Waals surface area contributed by atoms with Crippen LogP contribution in [0.2, 0.25) is 0 Å². The summed E-state index contributed by atoms with van der Waals surface area (Å²) in [6.45, 7) is 1.62. The molecule has 0 spiro atoms. The van der Waals surface area contributed by atoms with E-state index >= 15 is 0 Å². The zero-order valence-corrected chi connectivity index (χ0v) is 11.6. The number of halogens is 2. The highest BCUT2D eigenvalue weighted by Gasteiger charge is 2.27. The number of rotatable bonds is 4. The second-order valence-electron chi connectivity index (χ2n) is 4.11. The molecule has 0 fully saturated rings. The Hall–Kier alpha value is -3.12. The van der Waals surface area contributed by atoms with Gasteiger partial charge in [-0.1, -0.05) is 18.2 Å². The molecule has 0 bridgehead atoms. The van der Waals surface area contributed by atoms with Crippen molar-refractivity contribution in [2.24, 2.45) is 0 Å². The van der Waals surface area contributed by atoms with Gasteiger partial charge in [0.1, 0.15) is 29.0 Å². The van der Waals surface area contributed by atoms with E-state index < -0.39 is 34.3 Å². The van der Waals surface area contributed by atoms with Crippen LogP contribution in [0.4, 0.5) is 8.78 Å². The fraction of sp³-hybridized carbons (Fsp3) is 0.125. The molecule has 2 aromatic carbocycles. The molecular formula is C16H10F2N2O2. The number of ether oxygens (including phenoxy) is 2. The summed E-state index contributed by atoms with van der Waals surface area (Å²) in [4.78, 5) is 0. The van der Waals surface area contributed by atoms with Crippen LogP contribution in [0.5, 0.6) is 17.2 Å². The number of nitrogens with zero attached hydrogens (tertiary/aromatic N) is 2. The SMILES string of the molecule is CCOc1c(F)c(C#N)c(C#N)c(F)c1Oc1ccccc1. The molecule has 0 heterocycles. The molecule has 0 amide bonds. The average molecular weight is 300 g/mol. The van der Waals surface area contributed by atoms with Gasteiger partial charge in [0.2, 0.25) is 11.5 Å². The fourth-order valence-electron chi connectivity index (χ4n) is 1.83. The van der Waals surface area contributed by atoms with Gasteiger partial charge in [-0.2, -0.15) is 10.5 Å². The summed E-state index contributed by atoms with van der Waals surface area (Å²) in [6.07, 6.45) is 0. The van der Waals surface area contributed by atoms with Crippen LogP contribution in [-0.4, -0.2) is 6.61 Å². The maximum Gasteiger partial charge on any atom is 0.209 e. The quantitative estimate of drug-likeness (QED) is 0.859. The maximum absolute atomic E-state index is 14.4. The predicted molar refractivity (Wildman–Crippen MR) is 73.5 cm³/mol. The number of hydrogen-bond acceptors (Lipinski definition) is 4. The lowest BCUT2D eigenvalue weighted by Crippen LogP contribution is -2.05. The Labute approximate surface area is 125 Å². The first-order valence-corrected chi connectivity index (χ1v) is 6.34. The topological polar surface area (TPSA) is 66.0 Å². The first-order chi connectivity index (χ1) is 10.6. The summed E-state index contributed by atoms with van der Waals surface area (Å²) in [5.74, 6) is -3.09. The Bertz CT molecular complexity index is 778. The lowest BCUT2D eigenvalue weighted by atomic mass is 10.1. The Morgan fingerprint density at radius 1 is 0.955 bits per heavy atom. The van der Waals surface area contributed by atoms with Crippen LogP contribution >= 0.6 is 0 Å². The second-order valence-corrected chi connectivity index (χ2v) is 4.11. The zero-order valence-electron chi connectivity index (χ0n) is 11.6. The van der Waals surface area contributed by atoms with Crippen molar-refractivity contribution < 1.29 is 18.3 Å². The molecular weight excluding hydrogens is 290 g/mol. The summed E-state index contributed by atoms with van der Waals surface area (Å²) in [6, 6.07) is 11.1. The minimum Gasteiger partial charge on any atom is -0.487 e. The first kappa shape index (κ1) is 15.3. The monoisotopic (exact) mass is 300 g/mol. The molecule has 0 N–H and O–H groups in total. The highest BCUT2D eigenvalue weighted by atomic mass is 19.1. The average Bonchev–Trinajstić information content (AvgIpc) is 2.54. The molecule has 0 aromatic heterocycles. The molecule has 4 nitrogen and oxygen atoms in total. The number of benzene rings is 2. The van der Waals surface area contributed by atoms with Gasteiger partial charge < -0.3 is 9.47 Å². The largest absolute Gasteiger partial charge is 0.487 e. The predicted octanol–water partition coefficient (Wildman–Crippen LogP) is 3.90. The van der Waals surface area contributed by atoms with E-state index in [-0.39, 0.29) is 12.4 Å². The first-order valence-electron chi connectivity index (χ1n) is 6.34. The molecule has 0 saturated heterocycles. The van der Waals surface area contributed by atoms with E-state index in [1.54, 1.807) is 25.1 Å². The van der Waals surface area contributed by atoms with Crippen LogP contribution in [0.25, 0.3) is 0 Å². The minimum absolute atomic E-state index is 0.0400. The molecule has 0 radical (unpaired) electrons. The smallest absolute Gasteiger partial charge is 0.209 e. The van der Waals surface area contributed by atoms with Gasteiger partial charge in [0, 0.05) is 0 Å². The Kier molecular flexibility index (Phi) is 4.55. The molecule has 22 heavy (non-hydrogen) atoms. The Morgan fingerprint density at radius 2 is 1.50 bits per heavy atom. The van der Waals surface area contributed by atoms with Gasteiger partial charge in [-0.15, -0.1) is 0 Å². The van der Waals surface area contributed by atoms with E-state index in [0.29, 0.717) is 0 Å². The zero-order chi connectivity index (χ0) is 16.1. The van der Waals surface area contributed by atoms with Gasteiger partial charge in [0.25, 0.3) is 0 Å². The maximum atomic E-state index is 14.4. The van der Waals surface area contributed by atoms with Gasteiger partial charge in [-0.05, 0) is 19.1 Å². The third-order valence-corrected chi connectivity index (χ3v) is 2.77. The number of hydrogen-bond donors (Lipinski definition) is 0. The lowest BCUT2D eigenvalue weighted by Gasteiger charge is -2.15. The molecule has 0 atom stereocenters. The molecule has 0 unspecified atom stereocenters. The highest BCUT2D eigenvalue weighted by molar-refractivity contribution is 5.59. The Morgan fingerprint density at radius 3 is 2.00 bits per heavy atom. The molecule has 0 aliphatic rings. The van der Waals surface area contributed by atoms with Gasteiger partial charge in [0.05, 0.1) is 6.61 Å². The van der Waals surface area contributed by atoms with E-state index in [2.05, 4.69) is 0 Å². The van der Waals surface area contributed by atoms with Crippen LogP contribution in [0.3, 0.4) is 0 Å². The summed E-state index contributed by atoms with van der Waals surface area (Å²) >= 11 is 0. The molecule has 6 heteroatoms. The molecule has 2 rings (SSSR count). The van der Waals surface area contributed by atoms with Gasteiger partial charge >= 0.3 is 0 Å². The fourth-order valence-corrected chi connectivity index (χ4v) is 1.83. The van der Waals surface area contributed by atoms with Crippen LogP contribution in [-0.2, 0) is 0 Å². The van der Waals surface area contributed by atoms with Crippen LogP contribution < -0.4 is 9.47 Å². The molecule has 110 valence electrons. The van der Waals surface area contributed by atoms with Crippen molar-refractivity contribution in [1.82, 2.24) is 0 Å². The normalized spacial score (nSPS) is 9.68. The van der Waals surface area contributed by atoms with Crippen molar-refractivity contribution in [2.75, 3.05) is 6.61 Å². The standard InChI is InChI=1S/C16H10F2N2O2/c1-2-21-15-13(17)11(8-19)12(9-20)14(18)16(15)22-10-6-4-3-5-7-10/h3-7H,2H2,1H3. The molecule has 0 aliphatic carbocycles. The van der Waals surface area contributed by atoms with Gasteiger partial charge in [0.15, 0.2) is 11.6 Å². The van der Waals surface area contributed by atoms with E-state index in [9.17, 15) is 8.78 Å². The lowest BCUT2D eigenvalue weighted by molar-refractivity contribution is 0.296. The molecule has 2 aromatic rings. The van der Waals surface area contributed by atoms with Crippen molar-refractivity contribution in [3.63, 3.8) is 0 Å². The number of para-hydroxylation sites is 1. The Balaban J connectivity index is 2.68. The second kappa shape index (κ2) is 6.55. The van der Waals surface area contributed by atoms with Crippen molar-refractivity contribution in [1.29, 1.82) is 10.5 Å². The highest BCUT2D eigenvalue weighted by Crippen LogP contribution is 2.40. The third kappa shape index (κ3) is 2.68.